The molecule has 0 saturated heterocycles. The third kappa shape index (κ3) is 4.80. The molecule has 1 aliphatic rings. The lowest BCUT2D eigenvalue weighted by Crippen LogP contribution is -2.29. The Morgan fingerprint density at radius 1 is 1.21 bits per heavy atom. The number of benzene rings is 1. The summed E-state index contributed by atoms with van der Waals surface area (Å²) in [5.74, 6) is -2.75. The summed E-state index contributed by atoms with van der Waals surface area (Å²) in [5, 5.41) is 5.32. The van der Waals surface area contributed by atoms with E-state index in [0.717, 1.165) is 5.39 Å². The fourth-order valence-electron chi connectivity index (χ4n) is 3.53. The summed E-state index contributed by atoms with van der Waals surface area (Å²) >= 11 is 0. The number of hydrogen-bond acceptors (Lipinski definition) is 6. The molecule has 2 N–H and O–H groups in total. The van der Waals surface area contributed by atoms with Crippen LogP contribution in [-0.4, -0.2) is 41.1 Å². The molecule has 2 aromatic rings. The number of rotatable bonds is 5. The second-order valence-electron chi connectivity index (χ2n) is 7.10. The number of alkyl halides is 3. The van der Waals surface area contributed by atoms with Gasteiger partial charge in [-0.25, -0.2) is 9.59 Å². The zero-order valence-electron chi connectivity index (χ0n) is 15.9. The highest BCUT2D eigenvalue weighted by molar-refractivity contribution is 6.00. The van der Waals surface area contributed by atoms with E-state index in [2.05, 4.69) is 9.84 Å². The van der Waals surface area contributed by atoms with Crippen molar-refractivity contribution in [3.8, 4) is 0 Å². The molecule has 0 atom stereocenters. The van der Waals surface area contributed by atoms with Gasteiger partial charge in [0.05, 0.1) is 30.3 Å². The van der Waals surface area contributed by atoms with Gasteiger partial charge in [-0.05, 0) is 50.7 Å². The molecule has 0 spiro atoms. The maximum Gasteiger partial charge on any atom is 0.490 e. The first-order chi connectivity index (χ1) is 13.7. The summed E-state index contributed by atoms with van der Waals surface area (Å²) in [6, 6.07) is 3.35. The van der Waals surface area contributed by atoms with E-state index in [4.69, 9.17) is 10.5 Å². The van der Waals surface area contributed by atoms with E-state index < -0.39 is 18.1 Å². The van der Waals surface area contributed by atoms with Crippen LogP contribution in [0.25, 0.3) is 10.9 Å². The van der Waals surface area contributed by atoms with Gasteiger partial charge in [-0.3, -0.25) is 4.68 Å². The highest BCUT2D eigenvalue weighted by Gasteiger charge is 2.41. The zero-order chi connectivity index (χ0) is 21.2. The van der Waals surface area contributed by atoms with Crippen molar-refractivity contribution in [3.05, 3.63) is 23.9 Å². The van der Waals surface area contributed by atoms with Crippen LogP contribution in [0.4, 0.5) is 18.9 Å². The molecule has 1 saturated carbocycles. The minimum atomic E-state index is -4.96. The number of halogens is 3. The molecule has 0 bridgehead atoms. The third-order valence-corrected chi connectivity index (χ3v) is 5.06. The second kappa shape index (κ2) is 8.30. The monoisotopic (exact) mass is 413 g/mol. The lowest BCUT2D eigenvalue weighted by atomic mass is 9.86. The van der Waals surface area contributed by atoms with Crippen LogP contribution in [0.2, 0.25) is 0 Å². The molecule has 7 nitrogen and oxygen atoms in total. The van der Waals surface area contributed by atoms with E-state index in [1.807, 2.05) is 6.20 Å². The van der Waals surface area contributed by atoms with E-state index >= 15 is 0 Å². The molecule has 10 heteroatoms. The van der Waals surface area contributed by atoms with Crippen LogP contribution in [0, 0.1) is 5.92 Å². The summed E-state index contributed by atoms with van der Waals surface area (Å²) in [6.45, 7) is 1.72. The summed E-state index contributed by atoms with van der Waals surface area (Å²) in [4.78, 5) is 22.8. The Bertz CT molecular complexity index is 902. The van der Waals surface area contributed by atoms with Gasteiger partial charge in [-0.1, -0.05) is 0 Å². The van der Waals surface area contributed by atoms with Crippen LogP contribution in [0.15, 0.2) is 18.3 Å². The maximum atomic E-state index is 12.2. The standard InChI is InChI=1S/C19H22F3N3O4/c1-2-28-17(26)14-8-16-12(7-15(14)23)9-25(24-16)13-5-3-11(4-6-13)10-29-18(27)19(20,21)22/h7-9,11,13H,2-6,10,23H2,1H3. The van der Waals surface area contributed by atoms with Crippen molar-refractivity contribution >= 4 is 28.5 Å². The number of ether oxygens (including phenoxy) is 2. The first-order valence-electron chi connectivity index (χ1n) is 9.38. The summed E-state index contributed by atoms with van der Waals surface area (Å²) < 4.78 is 47.8. The van der Waals surface area contributed by atoms with Crippen LogP contribution in [0.5, 0.6) is 0 Å². The van der Waals surface area contributed by atoms with Crippen molar-refractivity contribution in [1.29, 1.82) is 0 Å². The van der Waals surface area contributed by atoms with E-state index in [9.17, 15) is 22.8 Å². The Morgan fingerprint density at radius 2 is 1.90 bits per heavy atom. The number of carbonyl (C=O) groups excluding carboxylic acids is 2. The normalized spacial score (nSPS) is 19.9. The molecule has 0 amide bonds. The fourth-order valence-corrected chi connectivity index (χ4v) is 3.53. The molecule has 0 aliphatic heterocycles. The molecule has 1 aromatic heterocycles. The number of esters is 2. The van der Waals surface area contributed by atoms with Crippen LogP contribution in [0.1, 0.15) is 49.0 Å². The van der Waals surface area contributed by atoms with Crippen molar-refractivity contribution in [3.63, 3.8) is 0 Å². The van der Waals surface area contributed by atoms with Gasteiger partial charge in [0.2, 0.25) is 0 Å². The molecule has 1 aliphatic carbocycles. The molecule has 1 aromatic carbocycles. The first kappa shape index (κ1) is 20.9. The van der Waals surface area contributed by atoms with Gasteiger partial charge >= 0.3 is 18.1 Å². The molecule has 0 radical (unpaired) electrons. The quantitative estimate of drug-likeness (QED) is 0.594. The molecule has 0 unspecified atom stereocenters. The molecule has 1 fully saturated rings. The van der Waals surface area contributed by atoms with Crippen molar-refractivity contribution in [1.82, 2.24) is 9.78 Å². The van der Waals surface area contributed by atoms with Gasteiger partial charge in [-0.2, -0.15) is 18.3 Å². The minimum absolute atomic E-state index is 0.0734. The second-order valence-corrected chi connectivity index (χ2v) is 7.10. The molecule has 158 valence electrons. The maximum absolute atomic E-state index is 12.2. The van der Waals surface area contributed by atoms with Crippen molar-refractivity contribution in [2.24, 2.45) is 5.92 Å². The number of fused-ring (bicyclic) bond motifs is 1. The molecular weight excluding hydrogens is 391 g/mol. The number of nitrogen functional groups attached to an aromatic ring is 1. The van der Waals surface area contributed by atoms with E-state index in [1.54, 1.807) is 23.7 Å². The number of anilines is 1. The smallest absolute Gasteiger partial charge is 0.462 e. The van der Waals surface area contributed by atoms with Crippen molar-refractivity contribution in [2.75, 3.05) is 18.9 Å². The summed E-state index contributed by atoms with van der Waals surface area (Å²) in [6.07, 6.45) is -0.471. The average molecular weight is 413 g/mol. The largest absolute Gasteiger partial charge is 0.490 e. The molecule has 3 rings (SSSR count). The number of hydrogen-bond donors (Lipinski definition) is 1. The lowest BCUT2D eigenvalue weighted by Gasteiger charge is -2.28. The summed E-state index contributed by atoms with van der Waals surface area (Å²) in [7, 11) is 0. The average Bonchev–Trinajstić information content (AvgIpc) is 3.08. The van der Waals surface area contributed by atoms with Crippen LogP contribution in [-0.2, 0) is 14.3 Å². The predicted molar refractivity (Wildman–Crippen MR) is 98.1 cm³/mol. The minimum Gasteiger partial charge on any atom is -0.462 e. The van der Waals surface area contributed by atoms with E-state index in [1.165, 1.54) is 0 Å². The number of nitrogens with zero attached hydrogens (tertiary/aromatic N) is 2. The van der Waals surface area contributed by atoms with E-state index in [-0.39, 0.29) is 30.7 Å². The van der Waals surface area contributed by atoms with Crippen molar-refractivity contribution < 1.29 is 32.2 Å². The Labute approximate surface area is 164 Å². The number of carbonyl (C=O) groups is 2. The summed E-state index contributed by atoms with van der Waals surface area (Å²) in [5.41, 5.74) is 7.14. The van der Waals surface area contributed by atoms with Crippen LogP contribution in [0.3, 0.4) is 0 Å². The zero-order valence-corrected chi connectivity index (χ0v) is 15.9. The number of aromatic nitrogens is 2. The van der Waals surface area contributed by atoms with Gasteiger partial charge < -0.3 is 15.2 Å². The van der Waals surface area contributed by atoms with E-state index in [0.29, 0.717) is 36.9 Å². The Balaban J connectivity index is 1.63. The Hall–Kier alpha value is -2.78. The van der Waals surface area contributed by atoms with Gasteiger partial charge in [0.15, 0.2) is 0 Å². The molecular formula is C19H22F3N3O4. The molecule has 29 heavy (non-hydrogen) atoms. The van der Waals surface area contributed by atoms with Gasteiger partial charge in [0.25, 0.3) is 0 Å². The first-order valence-corrected chi connectivity index (χ1v) is 9.38. The number of nitrogens with two attached hydrogens (primary N) is 1. The fraction of sp³-hybridized carbons (Fsp3) is 0.526. The highest BCUT2D eigenvalue weighted by atomic mass is 19.4. The highest BCUT2D eigenvalue weighted by Crippen LogP contribution is 2.34. The third-order valence-electron chi connectivity index (χ3n) is 5.06. The van der Waals surface area contributed by atoms with Gasteiger partial charge in [0, 0.05) is 17.3 Å². The SMILES string of the molecule is CCOC(=O)c1cc2nn(C3CCC(COC(=O)C(F)(F)F)CC3)cc2cc1N. The lowest BCUT2D eigenvalue weighted by molar-refractivity contribution is -0.201. The Kier molecular flexibility index (Phi) is 5.99. The van der Waals surface area contributed by atoms with Crippen molar-refractivity contribution in [2.45, 2.75) is 44.8 Å². The van der Waals surface area contributed by atoms with Crippen LogP contribution >= 0.6 is 0 Å². The molecule has 1 heterocycles. The Morgan fingerprint density at radius 3 is 2.52 bits per heavy atom. The van der Waals surface area contributed by atoms with Gasteiger partial charge in [0.1, 0.15) is 0 Å². The topological polar surface area (TPSA) is 96.4 Å². The van der Waals surface area contributed by atoms with Crippen LogP contribution < -0.4 is 5.73 Å². The predicted octanol–water partition coefficient (Wildman–Crippen LogP) is 3.63. The van der Waals surface area contributed by atoms with Gasteiger partial charge in [-0.15, -0.1) is 0 Å².